The molecule has 67 valence electrons. The topological polar surface area (TPSA) is 26.3 Å². The average Bonchev–Trinajstić information content (AvgIpc) is 1.99. The van der Waals surface area contributed by atoms with E-state index in [1.807, 2.05) is 20.8 Å². The van der Waals surface area contributed by atoms with Crippen molar-refractivity contribution < 1.29 is 9.22 Å². The van der Waals surface area contributed by atoms with Gasteiger partial charge in [0, 0.05) is 0 Å². The van der Waals surface area contributed by atoms with Crippen LogP contribution in [0.2, 0.25) is 0 Å². The predicted molar refractivity (Wildman–Crippen MR) is 49.7 cm³/mol. The Labute approximate surface area is 77.5 Å². The maximum Gasteiger partial charge on any atom is 0.345 e. The van der Waals surface area contributed by atoms with E-state index >= 15 is 0 Å². The summed E-state index contributed by atoms with van der Waals surface area (Å²) in [7, 11) is 2.73. The lowest BCUT2D eigenvalue weighted by Gasteiger charge is -2.21. The molecular weight excluding hydrogens is 168 g/mol. The molecule has 3 radical (unpaired) electrons. The molecule has 0 fully saturated rings. The van der Waals surface area contributed by atoms with Gasteiger partial charge in [0.05, 0.1) is 5.41 Å². The quantitative estimate of drug-likeness (QED) is 0.492. The lowest BCUT2D eigenvalue weighted by molar-refractivity contribution is -0.143. The molecule has 2 nitrogen and oxygen atoms in total. The molecule has 0 aliphatic carbocycles. The molecule has 0 heterocycles. The maximum atomic E-state index is 11.1. The highest BCUT2D eigenvalue weighted by molar-refractivity contribution is 6.06. The Hall–Kier alpha value is -0.573. The second-order valence-electron chi connectivity index (χ2n) is 3.73. The monoisotopic (exact) mass is 183 g/mol. The lowest BCUT2D eigenvalue weighted by Crippen LogP contribution is -2.25. The standard InChI is InChI=1S/C9H15O2Si/c1-7(2)5-6-9(3,4)8(10)11-12/h1,5-6H2,2-4H3. The van der Waals surface area contributed by atoms with Crippen LogP contribution < -0.4 is 0 Å². The van der Waals surface area contributed by atoms with Gasteiger partial charge in [0.2, 0.25) is 0 Å². The summed E-state index contributed by atoms with van der Waals surface area (Å²) < 4.78 is 4.48. The van der Waals surface area contributed by atoms with Crippen LogP contribution in [0.4, 0.5) is 0 Å². The zero-order chi connectivity index (χ0) is 9.78. The predicted octanol–water partition coefficient (Wildman–Crippen LogP) is 2.00. The molecule has 0 aliphatic heterocycles. The summed E-state index contributed by atoms with van der Waals surface area (Å²) in [4.78, 5) is 11.1. The summed E-state index contributed by atoms with van der Waals surface area (Å²) in [6.07, 6.45) is 1.62. The van der Waals surface area contributed by atoms with Crippen molar-refractivity contribution >= 4 is 16.5 Å². The molecule has 3 heteroatoms. The number of hydrogen-bond acceptors (Lipinski definition) is 2. The van der Waals surface area contributed by atoms with Gasteiger partial charge in [-0.05, 0) is 33.6 Å². The smallest absolute Gasteiger partial charge is 0.345 e. The number of allylic oxidation sites excluding steroid dienone is 1. The first-order chi connectivity index (χ1) is 5.40. The van der Waals surface area contributed by atoms with E-state index in [9.17, 15) is 4.79 Å². The van der Waals surface area contributed by atoms with Crippen molar-refractivity contribution in [1.29, 1.82) is 0 Å². The fourth-order valence-electron chi connectivity index (χ4n) is 0.766. The third-order valence-electron chi connectivity index (χ3n) is 1.82. The Balaban J connectivity index is 4.03. The Morgan fingerprint density at radius 3 is 2.42 bits per heavy atom. The van der Waals surface area contributed by atoms with Gasteiger partial charge in [-0.1, -0.05) is 5.57 Å². The van der Waals surface area contributed by atoms with Gasteiger partial charge in [-0.25, -0.2) is 0 Å². The SMILES string of the molecule is C=C(C)CCC(C)(C)C(=O)O[Si]. The summed E-state index contributed by atoms with van der Waals surface area (Å²) >= 11 is 0. The van der Waals surface area contributed by atoms with Gasteiger partial charge in [-0.3, -0.25) is 4.79 Å². The van der Waals surface area contributed by atoms with Gasteiger partial charge in [0.15, 0.2) is 0 Å². The molecule has 0 bridgehead atoms. The first-order valence-electron chi connectivity index (χ1n) is 3.92. The second-order valence-corrected chi connectivity index (χ2v) is 3.93. The minimum Gasteiger partial charge on any atom is -0.516 e. The van der Waals surface area contributed by atoms with Crippen LogP contribution in [0.25, 0.3) is 0 Å². The summed E-state index contributed by atoms with van der Waals surface area (Å²) in [5.41, 5.74) is 0.658. The highest BCUT2D eigenvalue weighted by Crippen LogP contribution is 2.25. The van der Waals surface area contributed by atoms with Crippen molar-refractivity contribution in [2.45, 2.75) is 33.6 Å². The van der Waals surface area contributed by atoms with Crippen molar-refractivity contribution in [2.24, 2.45) is 5.41 Å². The third-order valence-corrected chi connectivity index (χ3v) is 2.01. The second kappa shape index (κ2) is 4.45. The third kappa shape index (κ3) is 3.71. The Kier molecular flexibility index (Phi) is 4.24. The van der Waals surface area contributed by atoms with E-state index in [4.69, 9.17) is 0 Å². The van der Waals surface area contributed by atoms with Gasteiger partial charge in [0.1, 0.15) is 0 Å². The number of rotatable bonds is 4. The molecule has 0 aromatic carbocycles. The largest absolute Gasteiger partial charge is 0.516 e. The number of carbonyl (C=O) groups excluding carboxylic acids is 1. The Morgan fingerprint density at radius 2 is 2.08 bits per heavy atom. The first kappa shape index (κ1) is 11.4. The van der Waals surface area contributed by atoms with E-state index in [2.05, 4.69) is 21.5 Å². The fraction of sp³-hybridized carbons (Fsp3) is 0.667. The zero-order valence-corrected chi connectivity index (χ0v) is 8.94. The molecular formula is C9H15O2Si. The molecule has 0 aliphatic rings. The number of hydrogen-bond donors (Lipinski definition) is 0. The van der Waals surface area contributed by atoms with Crippen LogP contribution in [-0.4, -0.2) is 16.5 Å². The molecule has 0 amide bonds. The van der Waals surface area contributed by atoms with E-state index < -0.39 is 5.41 Å². The molecule has 12 heavy (non-hydrogen) atoms. The van der Waals surface area contributed by atoms with Gasteiger partial charge in [0.25, 0.3) is 5.97 Å². The van der Waals surface area contributed by atoms with Gasteiger partial charge in [-0.15, -0.1) is 6.58 Å². The molecule has 0 atom stereocenters. The molecule has 0 rings (SSSR count). The van der Waals surface area contributed by atoms with Crippen LogP contribution in [0.3, 0.4) is 0 Å². The molecule has 0 unspecified atom stereocenters. The zero-order valence-electron chi connectivity index (χ0n) is 7.94. The van der Waals surface area contributed by atoms with Crippen LogP contribution in [0.1, 0.15) is 33.6 Å². The van der Waals surface area contributed by atoms with Gasteiger partial charge >= 0.3 is 10.5 Å². The van der Waals surface area contributed by atoms with Crippen molar-refractivity contribution in [1.82, 2.24) is 0 Å². The van der Waals surface area contributed by atoms with Crippen molar-refractivity contribution in [3.8, 4) is 0 Å². The van der Waals surface area contributed by atoms with E-state index in [1.165, 1.54) is 0 Å². The van der Waals surface area contributed by atoms with Crippen molar-refractivity contribution in [2.75, 3.05) is 0 Å². The van der Waals surface area contributed by atoms with E-state index in [0.29, 0.717) is 0 Å². The lowest BCUT2D eigenvalue weighted by atomic mass is 9.87. The maximum absolute atomic E-state index is 11.1. The Morgan fingerprint density at radius 1 is 1.58 bits per heavy atom. The van der Waals surface area contributed by atoms with Crippen molar-refractivity contribution in [3.05, 3.63) is 12.2 Å². The molecule has 0 saturated carbocycles. The van der Waals surface area contributed by atoms with Crippen LogP contribution in [-0.2, 0) is 9.22 Å². The summed E-state index contributed by atoms with van der Waals surface area (Å²) in [5.74, 6) is -0.236. The Bertz CT molecular complexity index is 185. The van der Waals surface area contributed by atoms with E-state index in [-0.39, 0.29) is 5.97 Å². The van der Waals surface area contributed by atoms with Crippen molar-refractivity contribution in [3.63, 3.8) is 0 Å². The minimum atomic E-state index is -0.430. The van der Waals surface area contributed by atoms with Crippen LogP contribution in [0.15, 0.2) is 12.2 Å². The van der Waals surface area contributed by atoms with Crippen LogP contribution in [0.5, 0.6) is 0 Å². The number of carbonyl (C=O) groups is 1. The molecule has 0 aromatic rings. The van der Waals surface area contributed by atoms with Crippen LogP contribution >= 0.6 is 0 Å². The summed E-state index contributed by atoms with van der Waals surface area (Å²) in [6.45, 7) is 9.45. The summed E-state index contributed by atoms with van der Waals surface area (Å²) in [6, 6.07) is 0. The summed E-state index contributed by atoms with van der Waals surface area (Å²) in [5, 5.41) is 0. The molecule has 0 N–H and O–H groups in total. The molecule has 0 aromatic heterocycles. The molecule has 0 spiro atoms. The normalized spacial score (nSPS) is 11.0. The highest BCUT2D eigenvalue weighted by Gasteiger charge is 2.27. The average molecular weight is 183 g/mol. The van der Waals surface area contributed by atoms with Crippen LogP contribution in [0, 0.1) is 5.41 Å². The fourth-order valence-corrected chi connectivity index (χ4v) is 1.04. The van der Waals surface area contributed by atoms with Gasteiger partial charge < -0.3 is 4.43 Å². The van der Waals surface area contributed by atoms with E-state index in [0.717, 1.165) is 18.4 Å². The minimum absolute atomic E-state index is 0.236. The first-order valence-corrected chi connectivity index (χ1v) is 4.33. The highest BCUT2D eigenvalue weighted by atomic mass is 28.2. The van der Waals surface area contributed by atoms with Gasteiger partial charge in [-0.2, -0.15) is 0 Å². The van der Waals surface area contributed by atoms with E-state index in [1.54, 1.807) is 0 Å². The molecule has 0 saturated heterocycles.